The van der Waals surface area contributed by atoms with Crippen molar-refractivity contribution in [3.63, 3.8) is 0 Å². The summed E-state index contributed by atoms with van der Waals surface area (Å²) in [5.74, 6) is -0.412. The van der Waals surface area contributed by atoms with E-state index in [4.69, 9.17) is 5.26 Å². The van der Waals surface area contributed by atoms with Gasteiger partial charge in [-0.25, -0.2) is 4.39 Å². The lowest BCUT2D eigenvalue weighted by Crippen LogP contribution is -2.17. The molecule has 96 valence electrons. The Balaban J connectivity index is 2.52. The molecule has 2 rings (SSSR count). The maximum Gasteiger partial charge on any atom is 0.162 e. The summed E-state index contributed by atoms with van der Waals surface area (Å²) in [6, 6.07) is 14.8. The van der Waals surface area contributed by atoms with E-state index in [-0.39, 0.29) is 4.47 Å². The van der Waals surface area contributed by atoms with Crippen LogP contribution in [0.1, 0.15) is 12.5 Å². The summed E-state index contributed by atoms with van der Waals surface area (Å²) in [5, 5.41) is 8.89. The van der Waals surface area contributed by atoms with E-state index >= 15 is 0 Å². The highest BCUT2D eigenvalue weighted by atomic mass is 79.9. The molecule has 0 spiro atoms. The zero-order valence-corrected chi connectivity index (χ0v) is 12.0. The van der Waals surface area contributed by atoms with Gasteiger partial charge >= 0.3 is 0 Å². The fourth-order valence-corrected chi connectivity index (χ4v) is 2.36. The summed E-state index contributed by atoms with van der Waals surface area (Å²) in [7, 11) is 0. The van der Waals surface area contributed by atoms with Gasteiger partial charge in [-0.15, -0.1) is 0 Å². The Hall–Kier alpha value is -1.86. The van der Waals surface area contributed by atoms with Crippen LogP contribution in [0.4, 0.5) is 15.8 Å². The quantitative estimate of drug-likeness (QED) is 0.825. The van der Waals surface area contributed by atoms with Gasteiger partial charge in [-0.2, -0.15) is 5.26 Å². The van der Waals surface area contributed by atoms with Gasteiger partial charge in [-0.3, -0.25) is 0 Å². The molecule has 0 bridgehead atoms. The molecule has 0 amide bonds. The van der Waals surface area contributed by atoms with Crippen LogP contribution in [0.15, 0.2) is 46.9 Å². The monoisotopic (exact) mass is 318 g/mol. The molecule has 2 aromatic carbocycles. The van der Waals surface area contributed by atoms with E-state index in [1.54, 1.807) is 12.1 Å². The van der Waals surface area contributed by atoms with Crippen LogP contribution in [-0.4, -0.2) is 6.54 Å². The third kappa shape index (κ3) is 2.61. The van der Waals surface area contributed by atoms with Gasteiger partial charge < -0.3 is 4.90 Å². The van der Waals surface area contributed by atoms with Crippen LogP contribution >= 0.6 is 15.9 Å². The number of para-hydroxylation sites is 1. The summed E-state index contributed by atoms with van der Waals surface area (Å²) < 4.78 is 14.5. The van der Waals surface area contributed by atoms with Crippen molar-refractivity contribution in [3.8, 4) is 6.07 Å². The lowest BCUT2D eigenvalue weighted by Gasteiger charge is -2.24. The molecular weight excluding hydrogens is 307 g/mol. The summed E-state index contributed by atoms with van der Waals surface area (Å²) in [5.41, 5.74) is 1.67. The molecule has 0 saturated heterocycles. The molecule has 2 nitrogen and oxygen atoms in total. The Bertz CT molecular complexity index is 620. The third-order valence-corrected chi connectivity index (χ3v) is 3.63. The minimum absolute atomic E-state index is 0.210. The molecule has 0 atom stereocenters. The Morgan fingerprint density at radius 1 is 1.21 bits per heavy atom. The van der Waals surface area contributed by atoms with E-state index in [9.17, 15) is 4.39 Å². The van der Waals surface area contributed by atoms with Crippen molar-refractivity contribution in [1.29, 1.82) is 5.26 Å². The van der Waals surface area contributed by atoms with Crippen molar-refractivity contribution in [2.45, 2.75) is 6.92 Å². The van der Waals surface area contributed by atoms with Crippen LogP contribution in [-0.2, 0) is 0 Å². The van der Waals surface area contributed by atoms with Gasteiger partial charge in [-0.05, 0) is 47.1 Å². The summed E-state index contributed by atoms with van der Waals surface area (Å²) in [6.07, 6.45) is 0. The zero-order chi connectivity index (χ0) is 13.8. The Kier molecular flexibility index (Phi) is 4.18. The number of halogens is 2. The van der Waals surface area contributed by atoms with Gasteiger partial charge in [0.05, 0.1) is 15.7 Å². The Morgan fingerprint density at radius 2 is 1.89 bits per heavy atom. The first-order chi connectivity index (χ1) is 9.19. The van der Waals surface area contributed by atoms with Crippen LogP contribution < -0.4 is 4.90 Å². The van der Waals surface area contributed by atoms with E-state index in [1.165, 1.54) is 0 Å². The standard InChI is InChI=1S/C15H12BrFN2/c1-2-19(12-6-4-3-5-7-12)13-9-8-11(10-18)14(16)15(13)17/h3-9H,2H2,1H3. The number of anilines is 2. The Morgan fingerprint density at radius 3 is 2.47 bits per heavy atom. The lowest BCUT2D eigenvalue weighted by molar-refractivity contribution is 0.618. The Labute approximate surface area is 120 Å². The molecule has 0 aliphatic heterocycles. The second-order valence-corrected chi connectivity index (χ2v) is 4.74. The van der Waals surface area contributed by atoms with Crippen LogP contribution in [0.5, 0.6) is 0 Å². The average molecular weight is 319 g/mol. The topological polar surface area (TPSA) is 27.0 Å². The van der Waals surface area contributed by atoms with Gasteiger partial charge in [-0.1, -0.05) is 18.2 Å². The van der Waals surface area contributed by atoms with E-state index in [2.05, 4.69) is 15.9 Å². The molecule has 0 aromatic heterocycles. The van der Waals surface area contributed by atoms with Crippen molar-refractivity contribution < 1.29 is 4.39 Å². The number of rotatable bonds is 3. The third-order valence-electron chi connectivity index (χ3n) is 2.86. The van der Waals surface area contributed by atoms with Gasteiger partial charge in [0.15, 0.2) is 5.82 Å². The highest BCUT2D eigenvalue weighted by Gasteiger charge is 2.16. The van der Waals surface area contributed by atoms with Gasteiger partial charge in [0, 0.05) is 12.2 Å². The number of hydrogen-bond donors (Lipinski definition) is 0. The summed E-state index contributed by atoms with van der Waals surface area (Å²) in [6.45, 7) is 2.60. The molecule has 19 heavy (non-hydrogen) atoms. The first kappa shape index (κ1) is 13.6. The maximum atomic E-state index is 14.3. The minimum atomic E-state index is -0.412. The number of hydrogen-bond acceptors (Lipinski definition) is 2. The minimum Gasteiger partial charge on any atom is -0.339 e. The predicted octanol–water partition coefficient (Wildman–Crippen LogP) is 4.62. The lowest BCUT2D eigenvalue weighted by atomic mass is 10.1. The molecule has 0 fully saturated rings. The molecule has 2 aromatic rings. The normalized spacial score (nSPS) is 10.0. The second-order valence-electron chi connectivity index (χ2n) is 3.95. The van der Waals surface area contributed by atoms with E-state index in [1.807, 2.05) is 48.2 Å². The summed E-state index contributed by atoms with van der Waals surface area (Å²) in [4.78, 5) is 1.86. The van der Waals surface area contributed by atoms with Crippen molar-refractivity contribution in [2.75, 3.05) is 11.4 Å². The molecule has 0 aliphatic carbocycles. The van der Waals surface area contributed by atoms with Gasteiger partial charge in [0.2, 0.25) is 0 Å². The van der Waals surface area contributed by atoms with Crippen LogP contribution in [0, 0.1) is 17.1 Å². The first-order valence-corrected chi connectivity index (χ1v) is 6.69. The molecule has 4 heteroatoms. The van der Waals surface area contributed by atoms with Crippen LogP contribution in [0.3, 0.4) is 0 Å². The zero-order valence-electron chi connectivity index (χ0n) is 10.4. The van der Waals surface area contributed by atoms with E-state index in [0.717, 1.165) is 5.69 Å². The molecule has 0 N–H and O–H groups in total. The highest BCUT2D eigenvalue weighted by Crippen LogP contribution is 2.33. The van der Waals surface area contributed by atoms with Crippen LogP contribution in [0.25, 0.3) is 0 Å². The van der Waals surface area contributed by atoms with E-state index < -0.39 is 5.82 Å². The highest BCUT2D eigenvalue weighted by molar-refractivity contribution is 9.10. The van der Waals surface area contributed by atoms with Crippen molar-refractivity contribution in [3.05, 3.63) is 58.3 Å². The summed E-state index contributed by atoms with van der Waals surface area (Å²) >= 11 is 3.14. The van der Waals surface area contributed by atoms with E-state index in [0.29, 0.717) is 17.8 Å². The fraction of sp³-hybridized carbons (Fsp3) is 0.133. The molecule has 0 unspecified atom stereocenters. The molecular formula is C15H12BrFN2. The van der Waals surface area contributed by atoms with Crippen molar-refractivity contribution >= 4 is 27.3 Å². The SMILES string of the molecule is CCN(c1ccccc1)c1ccc(C#N)c(Br)c1F. The smallest absolute Gasteiger partial charge is 0.162 e. The number of nitrogens with zero attached hydrogens (tertiary/aromatic N) is 2. The maximum absolute atomic E-state index is 14.3. The van der Waals surface area contributed by atoms with Crippen molar-refractivity contribution in [2.24, 2.45) is 0 Å². The predicted molar refractivity (Wildman–Crippen MR) is 77.9 cm³/mol. The number of nitriles is 1. The van der Waals surface area contributed by atoms with Gasteiger partial charge in [0.25, 0.3) is 0 Å². The van der Waals surface area contributed by atoms with Crippen molar-refractivity contribution in [1.82, 2.24) is 0 Å². The number of benzene rings is 2. The van der Waals surface area contributed by atoms with Gasteiger partial charge in [0.1, 0.15) is 6.07 Å². The average Bonchev–Trinajstić information content (AvgIpc) is 2.45. The first-order valence-electron chi connectivity index (χ1n) is 5.89. The molecule has 0 aliphatic rings. The largest absolute Gasteiger partial charge is 0.339 e. The fourth-order valence-electron chi connectivity index (χ4n) is 1.93. The molecule has 0 heterocycles. The van der Waals surface area contributed by atoms with Crippen LogP contribution in [0.2, 0.25) is 0 Å². The molecule has 0 radical (unpaired) electrons. The second kappa shape index (κ2) is 5.85. The molecule has 0 saturated carbocycles.